The summed E-state index contributed by atoms with van der Waals surface area (Å²) >= 11 is 0. The van der Waals surface area contributed by atoms with Crippen LogP contribution >= 0.6 is 0 Å². The molecule has 2 N–H and O–H groups in total. The second kappa shape index (κ2) is 14.4. The summed E-state index contributed by atoms with van der Waals surface area (Å²) in [5.74, 6) is 8.03. The highest BCUT2D eigenvalue weighted by atomic mass is 16.3. The second-order valence-corrected chi connectivity index (χ2v) is 5.30. The lowest BCUT2D eigenvalue weighted by atomic mass is 10.1. The normalized spacial score (nSPS) is 13.1. The summed E-state index contributed by atoms with van der Waals surface area (Å²) in [5, 5.41) is 18.9. The van der Waals surface area contributed by atoms with Crippen LogP contribution < -0.4 is 0 Å². The Kier molecular flexibility index (Phi) is 13.8. The highest BCUT2D eigenvalue weighted by molar-refractivity contribution is 5.08. The number of unbranched alkanes of at least 4 members (excludes halogenated alkanes) is 8. The van der Waals surface area contributed by atoms with Gasteiger partial charge >= 0.3 is 0 Å². The van der Waals surface area contributed by atoms with E-state index in [1.54, 1.807) is 0 Å². The van der Waals surface area contributed by atoms with Crippen molar-refractivity contribution in [1.29, 1.82) is 0 Å². The lowest BCUT2D eigenvalue weighted by Crippen LogP contribution is -2.06. The number of aliphatic hydroxyl groups is 2. The van der Waals surface area contributed by atoms with E-state index in [1.807, 2.05) is 6.92 Å². The molecule has 0 aromatic carbocycles. The van der Waals surface area contributed by atoms with Gasteiger partial charge in [0, 0.05) is 6.42 Å². The first-order valence-electron chi connectivity index (χ1n) is 8.01. The molecule has 0 aliphatic heterocycles. The molecule has 0 heterocycles. The average molecular weight is 278 g/mol. The molecule has 2 atom stereocenters. The molecule has 0 rings (SSSR count). The van der Waals surface area contributed by atoms with Crippen molar-refractivity contribution in [3.63, 3.8) is 0 Å². The molecule has 0 aromatic heterocycles. The van der Waals surface area contributed by atoms with Gasteiger partial charge in [0.25, 0.3) is 0 Å². The summed E-state index contributed by atoms with van der Waals surface area (Å²) in [6.45, 7) is 1.87. The molecule has 0 spiro atoms. The van der Waals surface area contributed by atoms with Gasteiger partial charge in [0.1, 0.15) is 12.2 Å². The molecule has 20 heavy (non-hydrogen) atoms. The Morgan fingerprint density at radius 2 is 1.30 bits per heavy atom. The molecule has 2 nitrogen and oxygen atoms in total. The first-order chi connectivity index (χ1) is 9.70. The summed E-state index contributed by atoms with van der Waals surface area (Å²) < 4.78 is 0. The van der Waals surface area contributed by atoms with Crippen LogP contribution in [-0.4, -0.2) is 22.4 Å². The van der Waals surface area contributed by atoms with Crippen molar-refractivity contribution < 1.29 is 10.2 Å². The topological polar surface area (TPSA) is 40.5 Å². The highest BCUT2D eigenvalue weighted by Crippen LogP contribution is 2.11. The van der Waals surface area contributed by atoms with Gasteiger partial charge in [0.2, 0.25) is 0 Å². The van der Waals surface area contributed by atoms with E-state index in [2.05, 4.69) is 17.8 Å². The van der Waals surface area contributed by atoms with Crippen LogP contribution in [0.4, 0.5) is 0 Å². The molecule has 2 heteroatoms. The molecule has 0 aliphatic rings. The third-order valence-corrected chi connectivity index (χ3v) is 3.35. The molecule has 0 aliphatic carbocycles. The number of hydrogen-bond acceptors (Lipinski definition) is 2. The van der Waals surface area contributed by atoms with Crippen molar-refractivity contribution in [3.8, 4) is 24.2 Å². The first-order valence-corrected chi connectivity index (χ1v) is 8.01. The Hall–Kier alpha value is -0.960. The van der Waals surface area contributed by atoms with Gasteiger partial charge in [-0.2, -0.15) is 0 Å². The van der Waals surface area contributed by atoms with Gasteiger partial charge < -0.3 is 10.2 Å². The Balaban J connectivity index is 3.31. The molecule has 0 fully saturated rings. The average Bonchev–Trinajstić information content (AvgIpc) is 2.46. The molecule has 0 bridgehead atoms. The summed E-state index contributed by atoms with van der Waals surface area (Å²) in [6, 6.07) is 0. The van der Waals surface area contributed by atoms with Gasteiger partial charge in [-0.3, -0.25) is 0 Å². The lowest BCUT2D eigenvalue weighted by molar-refractivity contribution is 0.211. The fourth-order valence-corrected chi connectivity index (χ4v) is 1.99. The molecule has 2 unspecified atom stereocenters. The molecule has 0 saturated carbocycles. The fourth-order valence-electron chi connectivity index (χ4n) is 1.99. The van der Waals surface area contributed by atoms with E-state index in [4.69, 9.17) is 6.42 Å². The van der Waals surface area contributed by atoms with Crippen molar-refractivity contribution in [3.05, 3.63) is 0 Å². The first kappa shape index (κ1) is 19.0. The van der Waals surface area contributed by atoms with Crippen LogP contribution in [0.25, 0.3) is 0 Å². The van der Waals surface area contributed by atoms with Gasteiger partial charge in [-0.15, -0.1) is 12.3 Å². The van der Waals surface area contributed by atoms with E-state index in [0.29, 0.717) is 12.8 Å². The van der Waals surface area contributed by atoms with Crippen LogP contribution in [0.3, 0.4) is 0 Å². The Morgan fingerprint density at radius 3 is 1.85 bits per heavy atom. The molecule has 0 aromatic rings. The standard InChI is InChI=1S/C18H30O2/c1-3-5-6-7-8-9-10-11-12-13-14-18(20)16-15-17(19)4-2/h1,17-20H,4-14H2,2H3. The van der Waals surface area contributed by atoms with E-state index in [1.165, 1.54) is 32.1 Å². The summed E-state index contributed by atoms with van der Waals surface area (Å²) in [7, 11) is 0. The number of rotatable bonds is 11. The summed E-state index contributed by atoms with van der Waals surface area (Å²) in [4.78, 5) is 0. The monoisotopic (exact) mass is 278 g/mol. The number of terminal acetylenes is 1. The van der Waals surface area contributed by atoms with Gasteiger partial charge in [-0.05, 0) is 25.7 Å². The minimum absolute atomic E-state index is 0.583. The highest BCUT2D eigenvalue weighted by Gasteiger charge is 2.00. The zero-order chi connectivity index (χ0) is 15.1. The van der Waals surface area contributed by atoms with Gasteiger partial charge in [-0.25, -0.2) is 0 Å². The van der Waals surface area contributed by atoms with Gasteiger partial charge in [-0.1, -0.05) is 57.3 Å². The lowest BCUT2D eigenvalue weighted by Gasteiger charge is -2.04. The van der Waals surface area contributed by atoms with Crippen LogP contribution in [0.2, 0.25) is 0 Å². The fraction of sp³-hybridized carbons (Fsp3) is 0.778. The van der Waals surface area contributed by atoms with Crippen LogP contribution in [0.5, 0.6) is 0 Å². The SMILES string of the molecule is C#CCCCCCCCCCCC(O)C#CC(O)CC. The predicted molar refractivity (Wildman–Crippen MR) is 85.1 cm³/mol. The maximum absolute atomic E-state index is 9.62. The van der Waals surface area contributed by atoms with E-state index in [-0.39, 0.29) is 0 Å². The van der Waals surface area contributed by atoms with Crippen molar-refractivity contribution in [2.24, 2.45) is 0 Å². The van der Waals surface area contributed by atoms with Crippen LogP contribution in [0, 0.1) is 24.2 Å². The third kappa shape index (κ3) is 13.5. The van der Waals surface area contributed by atoms with Crippen LogP contribution in [0.1, 0.15) is 77.6 Å². The number of hydrogen-bond donors (Lipinski definition) is 2. The molecular formula is C18H30O2. The molecule has 0 saturated heterocycles. The zero-order valence-electron chi connectivity index (χ0n) is 12.9. The molecular weight excluding hydrogens is 248 g/mol. The molecule has 0 amide bonds. The van der Waals surface area contributed by atoms with Gasteiger partial charge in [0.15, 0.2) is 0 Å². The minimum Gasteiger partial charge on any atom is -0.380 e. The molecule has 0 radical (unpaired) electrons. The zero-order valence-corrected chi connectivity index (χ0v) is 12.9. The van der Waals surface area contributed by atoms with E-state index in [0.717, 1.165) is 25.7 Å². The Morgan fingerprint density at radius 1 is 0.800 bits per heavy atom. The smallest absolute Gasteiger partial charge is 0.114 e. The van der Waals surface area contributed by atoms with Gasteiger partial charge in [0.05, 0.1) is 0 Å². The van der Waals surface area contributed by atoms with Crippen molar-refractivity contribution >= 4 is 0 Å². The maximum Gasteiger partial charge on any atom is 0.114 e. The quantitative estimate of drug-likeness (QED) is 0.447. The van der Waals surface area contributed by atoms with Crippen molar-refractivity contribution in [2.45, 2.75) is 89.8 Å². The molecule has 114 valence electrons. The Bertz CT molecular complexity index is 306. The minimum atomic E-state index is -0.598. The Labute approximate surface area is 125 Å². The van der Waals surface area contributed by atoms with E-state index >= 15 is 0 Å². The van der Waals surface area contributed by atoms with Crippen molar-refractivity contribution in [2.75, 3.05) is 0 Å². The van der Waals surface area contributed by atoms with E-state index < -0.39 is 12.2 Å². The largest absolute Gasteiger partial charge is 0.380 e. The summed E-state index contributed by atoms with van der Waals surface area (Å²) in [5.41, 5.74) is 0. The van der Waals surface area contributed by atoms with Crippen LogP contribution in [-0.2, 0) is 0 Å². The van der Waals surface area contributed by atoms with E-state index in [9.17, 15) is 10.2 Å². The van der Waals surface area contributed by atoms with Crippen LogP contribution in [0.15, 0.2) is 0 Å². The van der Waals surface area contributed by atoms with Crippen molar-refractivity contribution in [1.82, 2.24) is 0 Å². The maximum atomic E-state index is 9.62. The number of aliphatic hydroxyl groups excluding tert-OH is 2. The predicted octanol–water partition coefficient (Wildman–Crippen LogP) is 3.66. The third-order valence-electron chi connectivity index (χ3n) is 3.35. The summed E-state index contributed by atoms with van der Waals surface area (Å²) in [6.07, 6.45) is 15.9. The second-order valence-electron chi connectivity index (χ2n) is 5.30.